The fraction of sp³-hybridized carbons (Fsp3) is 0. The quantitative estimate of drug-likeness (QED) is 0.509. The van der Waals surface area contributed by atoms with Crippen molar-refractivity contribution in [3.8, 4) is 11.8 Å². The Kier molecular flexibility index (Phi) is 3.47. The third-order valence-corrected chi connectivity index (χ3v) is 2.58. The van der Waals surface area contributed by atoms with E-state index >= 15 is 0 Å². The van der Waals surface area contributed by atoms with Crippen LogP contribution in [0.3, 0.4) is 0 Å². The second-order valence-corrected chi connectivity index (χ2v) is 4.18. The molecule has 1 saturated carbocycles. The van der Waals surface area contributed by atoms with E-state index in [1.807, 2.05) is 37.8 Å². The minimum absolute atomic E-state index is 1.06. The molecule has 1 aromatic rings. The van der Waals surface area contributed by atoms with Crippen LogP contribution in [-0.2, 0) is 0 Å². The van der Waals surface area contributed by atoms with Gasteiger partial charge in [0.2, 0.25) is 0 Å². The SMILES string of the molecule is Ic1ccc(C#C[C]2[CH][CH][CH][CH]2)cc1. The van der Waals surface area contributed by atoms with Gasteiger partial charge in [0.15, 0.2) is 0 Å². The van der Waals surface area contributed by atoms with Gasteiger partial charge >= 0.3 is 0 Å². The van der Waals surface area contributed by atoms with Gasteiger partial charge in [0.25, 0.3) is 0 Å². The van der Waals surface area contributed by atoms with E-state index in [1.165, 1.54) is 3.57 Å². The zero-order valence-corrected chi connectivity index (χ0v) is 9.65. The molecule has 2 rings (SSSR count). The lowest BCUT2D eigenvalue weighted by molar-refractivity contribution is 1.43. The van der Waals surface area contributed by atoms with Crippen LogP contribution in [0.4, 0.5) is 0 Å². The molecule has 0 amide bonds. The van der Waals surface area contributed by atoms with Crippen molar-refractivity contribution in [2.45, 2.75) is 0 Å². The molecule has 0 heterocycles. The normalized spacial score (nSPS) is 16.4. The van der Waals surface area contributed by atoms with Crippen molar-refractivity contribution < 1.29 is 0 Å². The van der Waals surface area contributed by atoms with Crippen molar-refractivity contribution in [1.29, 1.82) is 0 Å². The molecule has 0 aliphatic heterocycles. The Morgan fingerprint density at radius 1 is 0.857 bits per heavy atom. The molecule has 14 heavy (non-hydrogen) atoms. The average Bonchev–Trinajstić information content (AvgIpc) is 2.70. The second-order valence-electron chi connectivity index (χ2n) is 2.93. The molecule has 1 fully saturated rings. The van der Waals surface area contributed by atoms with Crippen LogP contribution in [0.1, 0.15) is 5.56 Å². The van der Waals surface area contributed by atoms with Gasteiger partial charge in [-0.2, -0.15) is 0 Å². The Morgan fingerprint density at radius 2 is 1.50 bits per heavy atom. The fourth-order valence-electron chi connectivity index (χ4n) is 1.13. The highest BCUT2D eigenvalue weighted by Gasteiger charge is 2.13. The summed E-state index contributed by atoms with van der Waals surface area (Å²) in [5.41, 5.74) is 1.06. The van der Waals surface area contributed by atoms with E-state index in [-0.39, 0.29) is 0 Å². The van der Waals surface area contributed by atoms with Crippen LogP contribution in [0.15, 0.2) is 24.3 Å². The van der Waals surface area contributed by atoms with Gasteiger partial charge in [-0.1, -0.05) is 11.8 Å². The molecule has 1 aliphatic carbocycles. The first-order chi connectivity index (χ1) is 6.84. The number of halogens is 1. The third kappa shape index (κ3) is 2.75. The summed E-state index contributed by atoms with van der Waals surface area (Å²) in [7, 11) is 0. The number of benzene rings is 1. The van der Waals surface area contributed by atoms with Crippen LogP contribution in [-0.4, -0.2) is 0 Å². The van der Waals surface area contributed by atoms with Gasteiger partial charge in [-0.3, -0.25) is 0 Å². The maximum atomic E-state index is 3.12. The summed E-state index contributed by atoms with van der Waals surface area (Å²) >= 11 is 2.29. The van der Waals surface area contributed by atoms with Crippen molar-refractivity contribution >= 4 is 22.6 Å². The number of hydrogen-bond acceptors (Lipinski definition) is 0. The highest BCUT2D eigenvalue weighted by Crippen LogP contribution is 2.21. The topological polar surface area (TPSA) is 0 Å². The predicted octanol–water partition coefficient (Wildman–Crippen LogP) is 3.05. The first-order valence-corrected chi connectivity index (χ1v) is 5.42. The molecular formula is C13H8I. The zero-order chi connectivity index (χ0) is 9.80. The molecule has 0 bridgehead atoms. The standard InChI is InChI=1S/C13H8I/c14-13-9-7-12(8-10-13)6-5-11-3-1-2-4-11/h1-4,7-10H. The molecule has 0 atom stereocenters. The molecule has 67 valence electrons. The van der Waals surface area contributed by atoms with Crippen LogP contribution >= 0.6 is 22.6 Å². The van der Waals surface area contributed by atoms with E-state index < -0.39 is 0 Å². The average molecular weight is 291 g/mol. The number of rotatable bonds is 0. The van der Waals surface area contributed by atoms with Gasteiger partial charge in [-0.15, -0.1) is 0 Å². The Labute approximate surface area is 99.2 Å². The summed E-state index contributed by atoms with van der Waals surface area (Å²) in [5.74, 6) is 7.30. The van der Waals surface area contributed by atoms with Crippen molar-refractivity contribution in [2.24, 2.45) is 0 Å². The smallest absolute Gasteiger partial charge is 0.0558 e. The largest absolute Gasteiger partial charge is 0.0888 e. The zero-order valence-electron chi connectivity index (χ0n) is 7.50. The van der Waals surface area contributed by atoms with E-state index in [1.54, 1.807) is 0 Å². The van der Waals surface area contributed by atoms with Gasteiger partial charge in [0.05, 0.1) is 5.92 Å². The monoisotopic (exact) mass is 291 g/mol. The molecule has 0 aromatic heterocycles. The third-order valence-electron chi connectivity index (χ3n) is 1.86. The van der Waals surface area contributed by atoms with Crippen molar-refractivity contribution in [1.82, 2.24) is 0 Å². The molecule has 0 unspecified atom stereocenters. The lowest BCUT2D eigenvalue weighted by Crippen LogP contribution is -1.85. The highest BCUT2D eigenvalue weighted by molar-refractivity contribution is 14.1. The Hall–Kier alpha value is -0.490. The highest BCUT2D eigenvalue weighted by atomic mass is 127. The summed E-state index contributed by atoms with van der Waals surface area (Å²) in [5, 5.41) is 0. The van der Waals surface area contributed by atoms with Gasteiger partial charge < -0.3 is 0 Å². The Morgan fingerprint density at radius 3 is 2.14 bits per heavy atom. The maximum absolute atomic E-state index is 3.12. The van der Waals surface area contributed by atoms with Gasteiger partial charge in [0, 0.05) is 9.13 Å². The van der Waals surface area contributed by atoms with E-state index in [0.29, 0.717) is 0 Å². The van der Waals surface area contributed by atoms with E-state index in [2.05, 4.69) is 46.6 Å². The molecular weight excluding hydrogens is 283 g/mol. The van der Waals surface area contributed by atoms with E-state index in [4.69, 9.17) is 0 Å². The van der Waals surface area contributed by atoms with E-state index in [0.717, 1.165) is 11.5 Å². The fourth-order valence-corrected chi connectivity index (χ4v) is 1.49. The molecule has 1 heteroatoms. The summed E-state index contributed by atoms with van der Waals surface area (Å²) in [6.45, 7) is 0. The van der Waals surface area contributed by atoms with Crippen molar-refractivity contribution in [3.05, 3.63) is 65.0 Å². The first-order valence-electron chi connectivity index (χ1n) is 4.34. The molecule has 1 aliphatic rings. The van der Waals surface area contributed by atoms with Crippen LogP contribution in [0.2, 0.25) is 0 Å². The van der Waals surface area contributed by atoms with Crippen molar-refractivity contribution in [2.75, 3.05) is 0 Å². The van der Waals surface area contributed by atoms with E-state index in [9.17, 15) is 0 Å². The van der Waals surface area contributed by atoms with Crippen LogP contribution < -0.4 is 0 Å². The molecule has 0 saturated heterocycles. The summed E-state index contributed by atoms with van der Waals surface area (Å²) < 4.78 is 1.24. The van der Waals surface area contributed by atoms with Crippen molar-refractivity contribution in [3.63, 3.8) is 0 Å². The van der Waals surface area contributed by atoms with Crippen LogP contribution in [0.5, 0.6) is 0 Å². The maximum Gasteiger partial charge on any atom is 0.0558 e. The summed E-state index contributed by atoms with van der Waals surface area (Å²) in [4.78, 5) is 0. The number of hydrogen-bond donors (Lipinski definition) is 0. The molecule has 1 aromatic carbocycles. The predicted molar refractivity (Wildman–Crippen MR) is 66.5 cm³/mol. The Balaban J connectivity index is 2.05. The lowest BCUT2D eigenvalue weighted by atomic mass is 10.1. The van der Waals surface area contributed by atoms with Crippen LogP contribution in [0.25, 0.3) is 0 Å². The molecule has 0 N–H and O–H groups in total. The van der Waals surface area contributed by atoms with Gasteiger partial charge in [-0.05, 0) is 72.5 Å². The summed E-state index contributed by atoms with van der Waals surface area (Å²) in [6, 6.07) is 8.21. The van der Waals surface area contributed by atoms with Gasteiger partial charge in [-0.25, -0.2) is 0 Å². The minimum Gasteiger partial charge on any atom is -0.0888 e. The first kappa shape index (κ1) is 10.0. The van der Waals surface area contributed by atoms with Gasteiger partial charge in [0.1, 0.15) is 0 Å². The summed E-state index contributed by atoms with van der Waals surface area (Å²) in [6.07, 6.45) is 8.02. The van der Waals surface area contributed by atoms with Crippen LogP contribution in [0, 0.1) is 47.0 Å². The second kappa shape index (κ2) is 4.84. The molecule has 5 radical (unpaired) electrons. The molecule has 0 nitrogen and oxygen atoms in total. The minimum atomic E-state index is 1.06. The molecule has 0 spiro atoms. The Bertz CT molecular complexity index is 347. The lowest BCUT2D eigenvalue weighted by Gasteiger charge is -1.94.